The van der Waals surface area contributed by atoms with Gasteiger partial charge in [-0.15, -0.1) is 12.4 Å². The van der Waals surface area contributed by atoms with E-state index in [1.54, 1.807) is 0 Å². The van der Waals surface area contributed by atoms with Crippen molar-refractivity contribution in [1.82, 2.24) is 0 Å². The summed E-state index contributed by atoms with van der Waals surface area (Å²) >= 11 is 0. The van der Waals surface area contributed by atoms with E-state index in [9.17, 15) is 0 Å². The maximum atomic E-state index is 5.88. The number of benzene rings is 2. The lowest BCUT2D eigenvalue weighted by molar-refractivity contribution is 0.287. The number of hydrogen-bond acceptors (Lipinski definition) is 5. The van der Waals surface area contributed by atoms with E-state index >= 15 is 0 Å². The van der Waals surface area contributed by atoms with Crippen molar-refractivity contribution in [2.24, 2.45) is 4.99 Å². The molecule has 0 atom stereocenters. The monoisotopic (exact) mass is 461 g/mol. The van der Waals surface area contributed by atoms with Crippen LogP contribution in [-0.2, 0) is 19.3 Å². The molecule has 5 nitrogen and oxygen atoms in total. The number of rotatable bonds is 11. The summed E-state index contributed by atoms with van der Waals surface area (Å²) in [5.41, 5.74) is 6.01. The first-order valence-corrected chi connectivity index (χ1v) is 11.5. The first-order chi connectivity index (χ1) is 15.1. The summed E-state index contributed by atoms with van der Waals surface area (Å²) in [6.07, 6.45) is 2.59. The minimum atomic E-state index is 0. The quantitative estimate of drug-likeness (QED) is 0.421. The number of nitrogens with zero attached hydrogens (tertiary/aromatic N) is 1. The Hall–Kier alpha value is -2.40. The zero-order chi connectivity index (χ0) is 22.2. The van der Waals surface area contributed by atoms with Crippen LogP contribution in [0.25, 0.3) is 0 Å². The summed E-state index contributed by atoms with van der Waals surface area (Å²) in [5, 5.41) is 0. The van der Waals surface area contributed by atoms with Gasteiger partial charge in [-0.25, -0.2) is 0 Å². The Labute approximate surface area is 198 Å². The fraction of sp³-hybridized carbons (Fsp3) is 0.500. The molecule has 2 aromatic rings. The van der Waals surface area contributed by atoms with Crippen LogP contribution in [-0.4, -0.2) is 38.7 Å². The van der Waals surface area contributed by atoms with Gasteiger partial charge in [0, 0.05) is 24.2 Å². The summed E-state index contributed by atoms with van der Waals surface area (Å²) in [4.78, 5) is 4.90. The van der Waals surface area contributed by atoms with Crippen LogP contribution >= 0.6 is 12.4 Å². The van der Waals surface area contributed by atoms with Gasteiger partial charge in [0.15, 0.2) is 23.0 Å². The Morgan fingerprint density at radius 2 is 1.19 bits per heavy atom. The van der Waals surface area contributed by atoms with Gasteiger partial charge < -0.3 is 18.9 Å². The van der Waals surface area contributed by atoms with Gasteiger partial charge in [-0.05, 0) is 81.5 Å². The summed E-state index contributed by atoms with van der Waals surface area (Å²) in [6.45, 7) is 13.4. The highest BCUT2D eigenvalue weighted by atomic mass is 35.5. The molecular weight excluding hydrogens is 426 g/mol. The van der Waals surface area contributed by atoms with Crippen LogP contribution < -0.4 is 18.9 Å². The topological polar surface area (TPSA) is 49.3 Å². The van der Waals surface area contributed by atoms with Gasteiger partial charge in [-0.2, -0.15) is 0 Å². The molecule has 2 aromatic carbocycles. The average Bonchev–Trinajstić information content (AvgIpc) is 2.77. The van der Waals surface area contributed by atoms with Crippen molar-refractivity contribution in [2.45, 2.75) is 53.9 Å². The molecule has 0 aliphatic carbocycles. The summed E-state index contributed by atoms with van der Waals surface area (Å²) in [7, 11) is 0. The van der Waals surface area contributed by atoms with E-state index in [-0.39, 0.29) is 12.4 Å². The lowest BCUT2D eigenvalue weighted by Crippen LogP contribution is -2.17. The Bertz CT molecular complexity index is 927. The van der Waals surface area contributed by atoms with E-state index in [1.165, 1.54) is 16.7 Å². The van der Waals surface area contributed by atoms with Crippen LogP contribution in [0.15, 0.2) is 29.3 Å². The Morgan fingerprint density at radius 3 is 1.72 bits per heavy atom. The van der Waals surface area contributed by atoms with E-state index in [0.717, 1.165) is 60.1 Å². The summed E-state index contributed by atoms with van der Waals surface area (Å²) in [6, 6.07) is 8.48. The number of aliphatic imine (C=N–C) groups is 1. The van der Waals surface area contributed by atoms with E-state index in [4.69, 9.17) is 23.9 Å². The molecule has 6 heteroatoms. The van der Waals surface area contributed by atoms with Gasteiger partial charge in [-0.1, -0.05) is 6.92 Å². The molecule has 1 heterocycles. The second kappa shape index (κ2) is 12.6. The van der Waals surface area contributed by atoms with Crippen molar-refractivity contribution in [3.05, 3.63) is 46.5 Å². The highest BCUT2D eigenvalue weighted by molar-refractivity contribution is 6.04. The molecule has 176 valence electrons. The molecule has 0 aromatic heterocycles. The predicted octanol–water partition coefficient (Wildman–Crippen LogP) is 5.85. The minimum absolute atomic E-state index is 0. The molecule has 0 bridgehead atoms. The van der Waals surface area contributed by atoms with E-state index < -0.39 is 0 Å². The molecule has 0 radical (unpaired) electrons. The number of fused-ring (bicyclic) bond motifs is 1. The molecule has 0 fully saturated rings. The molecule has 0 saturated heterocycles. The van der Waals surface area contributed by atoms with Crippen molar-refractivity contribution in [2.75, 3.05) is 33.0 Å². The zero-order valence-corrected chi connectivity index (χ0v) is 20.8. The Kier molecular flexibility index (Phi) is 10.2. The van der Waals surface area contributed by atoms with Crippen LogP contribution in [0.1, 0.15) is 56.9 Å². The van der Waals surface area contributed by atoms with Crippen LogP contribution in [0.4, 0.5) is 0 Å². The Morgan fingerprint density at radius 1 is 0.688 bits per heavy atom. The summed E-state index contributed by atoms with van der Waals surface area (Å²) in [5.74, 6) is 3.22. The maximum Gasteiger partial charge on any atom is 0.161 e. The second-order valence-electron chi connectivity index (χ2n) is 7.36. The number of aryl methyl sites for hydroxylation is 1. The molecule has 0 N–H and O–H groups in total. The van der Waals surface area contributed by atoms with Gasteiger partial charge in [0.05, 0.1) is 26.4 Å². The molecule has 1 aliphatic rings. The fourth-order valence-electron chi connectivity index (χ4n) is 4.02. The largest absolute Gasteiger partial charge is 0.490 e. The third kappa shape index (κ3) is 5.89. The molecule has 0 unspecified atom stereocenters. The van der Waals surface area contributed by atoms with Crippen molar-refractivity contribution >= 4 is 18.1 Å². The highest BCUT2D eigenvalue weighted by Crippen LogP contribution is 2.36. The van der Waals surface area contributed by atoms with Gasteiger partial charge in [-0.3, -0.25) is 4.99 Å². The van der Waals surface area contributed by atoms with Gasteiger partial charge in [0.25, 0.3) is 0 Å². The summed E-state index contributed by atoms with van der Waals surface area (Å²) < 4.78 is 23.4. The van der Waals surface area contributed by atoms with Gasteiger partial charge in [0.2, 0.25) is 0 Å². The first-order valence-electron chi connectivity index (χ1n) is 11.5. The Balaban J connectivity index is 0.00000363. The molecular formula is C26H36ClNO4. The highest BCUT2D eigenvalue weighted by Gasteiger charge is 2.21. The zero-order valence-electron chi connectivity index (χ0n) is 20.0. The smallest absolute Gasteiger partial charge is 0.161 e. The number of ether oxygens (including phenoxy) is 4. The van der Waals surface area contributed by atoms with Crippen LogP contribution in [0.2, 0.25) is 0 Å². The molecule has 32 heavy (non-hydrogen) atoms. The standard InChI is InChI=1S/C26H35NO4.ClH/c1-6-18-14-23(28-7-2)25(30-9-4)16-20(18)13-22-21-17-26(31-10-5)24(29-8-3)15-19(21)11-12-27-22;/h14-17H,6-13H2,1-5H3;1H. The van der Waals surface area contributed by atoms with E-state index in [0.29, 0.717) is 26.4 Å². The van der Waals surface area contributed by atoms with Crippen LogP contribution in [0.3, 0.4) is 0 Å². The number of hydrogen-bond donors (Lipinski definition) is 0. The molecule has 0 spiro atoms. The van der Waals surface area contributed by atoms with Crippen molar-refractivity contribution < 1.29 is 18.9 Å². The predicted molar refractivity (Wildman–Crippen MR) is 133 cm³/mol. The maximum absolute atomic E-state index is 5.88. The second-order valence-corrected chi connectivity index (χ2v) is 7.36. The third-order valence-electron chi connectivity index (χ3n) is 5.37. The van der Waals surface area contributed by atoms with Crippen LogP contribution in [0.5, 0.6) is 23.0 Å². The molecule has 0 amide bonds. The van der Waals surface area contributed by atoms with E-state index in [2.05, 4.69) is 31.2 Å². The fourth-order valence-corrected chi connectivity index (χ4v) is 4.02. The normalized spacial score (nSPS) is 12.3. The lowest BCUT2D eigenvalue weighted by atomic mass is 9.91. The van der Waals surface area contributed by atoms with Crippen molar-refractivity contribution in [3.63, 3.8) is 0 Å². The molecule has 1 aliphatic heterocycles. The van der Waals surface area contributed by atoms with E-state index in [1.807, 2.05) is 27.7 Å². The minimum Gasteiger partial charge on any atom is -0.490 e. The average molecular weight is 462 g/mol. The van der Waals surface area contributed by atoms with Gasteiger partial charge in [0.1, 0.15) is 0 Å². The van der Waals surface area contributed by atoms with Crippen molar-refractivity contribution in [3.8, 4) is 23.0 Å². The third-order valence-corrected chi connectivity index (χ3v) is 5.37. The first kappa shape index (κ1) is 25.9. The van der Waals surface area contributed by atoms with Gasteiger partial charge >= 0.3 is 0 Å². The van der Waals surface area contributed by atoms with Crippen molar-refractivity contribution in [1.29, 1.82) is 0 Å². The molecule has 0 saturated carbocycles. The molecule has 3 rings (SSSR count). The number of halogens is 1. The van der Waals surface area contributed by atoms with Crippen LogP contribution in [0, 0.1) is 0 Å². The lowest BCUT2D eigenvalue weighted by Gasteiger charge is -2.22. The SMILES string of the molecule is CCOc1cc(CC)c(CC2=NCCc3cc(OCC)c(OCC)cc32)cc1OCC.Cl.